The predicted octanol–water partition coefficient (Wildman–Crippen LogP) is 4.59. The Morgan fingerprint density at radius 1 is 1.14 bits per heavy atom. The Balaban J connectivity index is 2.27. The van der Waals surface area contributed by atoms with Gasteiger partial charge < -0.3 is 9.47 Å². The molecule has 0 aliphatic heterocycles. The van der Waals surface area contributed by atoms with E-state index in [0.717, 1.165) is 28.9 Å². The lowest BCUT2D eigenvalue weighted by Crippen LogP contribution is -2.03. The molecule has 2 aromatic rings. The highest BCUT2D eigenvalue weighted by Gasteiger charge is 2.13. The molecule has 0 amide bonds. The summed E-state index contributed by atoms with van der Waals surface area (Å²) in [6.07, 6.45) is 3.71. The highest BCUT2D eigenvalue weighted by molar-refractivity contribution is 7.98. The van der Waals surface area contributed by atoms with Gasteiger partial charge in [-0.15, -0.1) is 11.8 Å². The molecular formula is C18H20O3S. The summed E-state index contributed by atoms with van der Waals surface area (Å²) in [5.74, 6) is 1.34. The molecule has 4 heteroatoms. The molecule has 0 aromatic heterocycles. The quantitative estimate of drug-likeness (QED) is 0.527. The van der Waals surface area contributed by atoms with Crippen molar-refractivity contribution < 1.29 is 14.3 Å². The summed E-state index contributed by atoms with van der Waals surface area (Å²) in [7, 11) is 0. The van der Waals surface area contributed by atoms with E-state index in [9.17, 15) is 4.79 Å². The van der Waals surface area contributed by atoms with Crippen LogP contribution in [0.3, 0.4) is 0 Å². The number of ether oxygens (including phenoxy) is 2. The minimum Gasteiger partial charge on any atom is -0.489 e. The second-order valence-electron chi connectivity index (χ2n) is 4.79. The Labute approximate surface area is 135 Å². The Hall–Kier alpha value is -1.94. The first-order valence-electron chi connectivity index (χ1n) is 7.25. The van der Waals surface area contributed by atoms with Crippen molar-refractivity contribution in [1.82, 2.24) is 0 Å². The number of carbonyl (C=O) groups is 1. The maximum Gasteiger partial charge on any atom is 0.174 e. The monoisotopic (exact) mass is 316 g/mol. The summed E-state index contributed by atoms with van der Waals surface area (Å²) >= 11 is 1.55. The molecular weight excluding hydrogens is 296 g/mol. The second-order valence-corrected chi connectivity index (χ2v) is 5.64. The Morgan fingerprint density at radius 2 is 1.91 bits per heavy atom. The zero-order valence-corrected chi connectivity index (χ0v) is 13.7. The Bertz CT molecular complexity index is 611. The van der Waals surface area contributed by atoms with Gasteiger partial charge >= 0.3 is 0 Å². The van der Waals surface area contributed by atoms with Crippen LogP contribution >= 0.6 is 11.8 Å². The third-order valence-electron chi connectivity index (χ3n) is 3.09. The van der Waals surface area contributed by atoms with Gasteiger partial charge in [-0.3, -0.25) is 4.79 Å². The van der Waals surface area contributed by atoms with Crippen LogP contribution in [0.1, 0.15) is 29.3 Å². The lowest BCUT2D eigenvalue weighted by Gasteiger charge is -2.16. The van der Waals surface area contributed by atoms with Crippen LogP contribution in [0.25, 0.3) is 0 Å². The minimum absolute atomic E-state index is 0.444. The molecule has 2 rings (SSSR count). The normalized spacial score (nSPS) is 10.3. The molecule has 3 nitrogen and oxygen atoms in total. The molecule has 116 valence electrons. The molecule has 0 N–H and O–H groups in total. The van der Waals surface area contributed by atoms with Crippen molar-refractivity contribution >= 4 is 18.0 Å². The van der Waals surface area contributed by atoms with Gasteiger partial charge in [-0.05, 0) is 30.4 Å². The van der Waals surface area contributed by atoms with E-state index in [1.54, 1.807) is 17.8 Å². The summed E-state index contributed by atoms with van der Waals surface area (Å²) in [6.45, 7) is 3.12. The van der Waals surface area contributed by atoms with Crippen LogP contribution in [-0.2, 0) is 6.61 Å². The Kier molecular flexibility index (Phi) is 6.34. The standard InChI is InChI=1S/C18H20O3S/c1-3-9-20-18-16(10-15(12-19)11-17(18)22-2)21-13-14-7-5-4-6-8-14/h4-8,10-12H,3,9,13H2,1-2H3. The van der Waals surface area contributed by atoms with Gasteiger partial charge in [-0.1, -0.05) is 37.3 Å². The molecule has 0 heterocycles. The molecule has 0 atom stereocenters. The van der Waals surface area contributed by atoms with Crippen molar-refractivity contribution in [2.45, 2.75) is 24.8 Å². The first-order chi connectivity index (χ1) is 10.8. The molecule has 0 spiro atoms. The van der Waals surface area contributed by atoms with E-state index in [1.807, 2.05) is 42.7 Å². The van der Waals surface area contributed by atoms with Gasteiger partial charge in [0.05, 0.1) is 11.5 Å². The van der Waals surface area contributed by atoms with Gasteiger partial charge in [0.2, 0.25) is 0 Å². The predicted molar refractivity (Wildman–Crippen MR) is 90.2 cm³/mol. The lowest BCUT2D eigenvalue weighted by molar-refractivity contribution is 0.112. The van der Waals surface area contributed by atoms with Crippen molar-refractivity contribution in [1.29, 1.82) is 0 Å². The number of benzene rings is 2. The molecule has 0 radical (unpaired) electrons. The van der Waals surface area contributed by atoms with Crippen LogP contribution in [0, 0.1) is 0 Å². The molecule has 0 bridgehead atoms. The number of hydrogen-bond donors (Lipinski definition) is 0. The van der Waals surface area contributed by atoms with Crippen molar-refractivity contribution in [2.75, 3.05) is 12.9 Å². The molecule has 0 aliphatic rings. The van der Waals surface area contributed by atoms with E-state index in [2.05, 4.69) is 6.92 Å². The number of aldehydes is 1. The van der Waals surface area contributed by atoms with E-state index >= 15 is 0 Å². The van der Waals surface area contributed by atoms with Gasteiger partial charge in [-0.25, -0.2) is 0 Å². The maximum absolute atomic E-state index is 11.1. The number of hydrogen-bond acceptors (Lipinski definition) is 4. The second kappa shape index (κ2) is 8.49. The zero-order chi connectivity index (χ0) is 15.8. The van der Waals surface area contributed by atoms with Gasteiger partial charge in [0.1, 0.15) is 12.9 Å². The van der Waals surface area contributed by atoms with Gasteiger partial charge in [0.25, 0.3) is 0 Å². The van der Waals surface area contributed by atoms with Crippen LogP contribution in [0.2, 0.25) is 0 Å². The van der Waals surface area contributed by atoms with Crippen molar-refractivity contribution in [3.05, 3.63) is 53.6 Å². The lowest BCUT2D eigenvalue weighted by atomic mass is 10.2. The average Bonchev–Trinajstić information content (AvgIpc) is 2.58. The van der Waals surface area contributed by atoms with Crippen LogP contribution in [0.15, 0.2) is 47.4 Å². The summed E-state index contributed by atoms with van der Waals surface area (Å²) in [6, 6.07) is 13.5. The number of rotatable bonds is 8. The van der Waals surface area contributed by atoms with Gasteiger partial charge in [-0.2, -0.15) is 0 Å². The smallest absolute Gasteiger partial charge is 0.174 e. The zero-order valence-electron chi connectivity index (χ0n) is 12.9. The number of carbonyl (C=O) groups excluding carboxylic acids is 1. The largest absolute Gasteiger partial charge is 0.489 e. The van der Waals surface area contributed by atoms with E-state index in [0.29, 0.717) is 24.5 Å². The summed E-state index contributed by atoms with van der Waals surface area (Å²) in [5.41, 5.74) is 1.67. The van der Waals surface area contributed by atoms with Crippen LogP contribution < -0.4 is 9.47 Å². The van der Waals surface area contributed by atoms with Crippen molar-refractivity contribution in [3.63, 3.8) is 0 Å². The molecule has 0 unspecified atom stereocenters. The minimum atomic E-state index is 0.444. The first-order valence-corrected chi connectivity index (χ1v) is 8.47. The molecule has 0 fully saturated rings. The number of thioether (sulfide) groups is 1. The summed E-state index contributed by atoms with van der Waals surface area (Å²) < 4.78 is 11.7. The van der Waals surface area contributed by atoms with Crippen LogP contribution in [0.5, 0.6) is 11.5 Å². The third-order valence-corrected chi connectivity index (χ3v) is 3.83. The highest BCUT2D eigenvalue weighted by Crippen LogP contribution is 2.38. The van der Waals surface area contributed by atoms with Crippen LogP contribution in [-0.4, -0.2) is 19.1 Å². The summed E-state index contributed by atoms with van der Waals surface area (Å²) in [5, 5.41) is 0. The van der Waals surface area contributed by atoms with Gasteiger partial charge in [0.15, 0.2) is 11.5 Å². The van der Waals surface area contributed by atoms with E-state index in [1.165, 1.54) is 0 Å². The molecule has 0 saturated carbocycles. The molecule has 0 aliphatic carbocycles. The fourth-order valence-corrected chi connectivity index (χ4v) is 2.60. The maximum atomic E-state index is 11.1. The highest BCUT2D eigenvalue weighted by atomic mass is 32.2. The van der Waals surface area contributed by atoms with Gasteiger partial charge in [0, 0.05) is 5.56 Å². The molecule has 2 aromatic carbocycles. The topological polar surface area (TPSA) is 35.5 Å². The fraction of sp³-hybridized carbons (Fsp3) is 0.278. The first kappa shape index (κ1) is 16.4. The summed E-state index contributed by atoms with van der Waals surface area (Å²) in [4.78, 5) is 12.0. The third kappa shape index (κ3) is 4.28. The fourth-order valence-electron chi connectivity index (χ4n) is 2.01. The average molecular weight is 316 g/mol. The van der Waals surface area contributed by atoms with E-state index < -0.39 is 0 Å². The molecule has 22 heavy (non-hydrogen) atoms. The molecule has 0 saturated heterocycles. The Morgan fingerprint density at radius 3 is 2.55 bits per heavy atom. The van der Waals surface area contributed by atoms with Crippen molar-refractivity contribution in [2.24, 2.45) is 0 Å². The van der Waals surface area contributed by atoms with Crippen LogP contribution in [0.4, 0.5) is 0 Å². The van der Waals surface area contributed by atoms with Crippen molar-refractivity contribution in [3.8, 4) is 11.5 Å². The van der Waals surface area contributed by atoms with E-state index in [-0.39, 0.29) is 0 Å². The SMILES string of the molecule is CCCOc1c(OCc2ccccc2)cc(C=O)cc1SC. The van der Waals surface area contributed by atoms with E-state index in [4.69, 9.17) is 9.47 Å².